The number of amides is 2. The van der Waals surface area contributed by atoms with Crippen molar-refractivity contribution in [2.24, 2.45) is 0 Å². The molecular weight excluding hydrogens is 344 g/mol. The number of hydrogen-bond donors (Lipinski definition) is 2. The lowest BCUT2D eigenvalue weighted by atomic mass is 9.81. The number of carbonyl (C=O) groups excluding carboxylic acids is 3. The minimum Gasteiger partial charge on any atom is -0.467 e. The third-order valence-corrected chi connectivity index (χ3v) is 5.16. The Labute approximate surface area is 159 Å². The lowest BCUT2D eigenvalue weighted by Gasteiger charge is -2.34. The number of nitrogens with one attached hydrogen (secondary N) is 2. The van der Waals surface area contributed by atoms with Crippen LogP contribution in [0.25, 0.3) is 6.08 Å². The van der Waals surface area contributed by atoms with Gasteiger partial charge < -0.3 is 15.4 Å². The second-order valence-corrected chi connectivity index (χ2v) is 7.33. The number of benzene rings is 1. The van der Waals surface area contributed by atoms with Gasteiger partial charge in [0, 0.05) is 17.7 Å². The van der Waals surface area contributed by atoms with E-state index in [1.807, 2.05) is 0 Å². The largest absolute Gasteiger partial charge is 0.467 e. The summed E-state index contributed by atoms with van der Waals surface area (Å²) in [5.74, 6) is -0.768. The number of hydrogen-bond acceptors (Lipinski definition) is 4. The first-order chi connectivity index (χ1) is 13.0. The van der Waals surface area contributed by atoms with Crippen LogP contribution in [-0.4, -0.2) is 36.5 Å². The van der Waals surface area contributed by atoms with Crippen LogP contribution in [0.2, 0.25) is 0 Å². The molecule has 6 heteroatoms. The van der Waals surface area contributed by atoms with E-state index in [9.17, 15) is 14.4 Å². The van der Waals surface area contributed by atoms with Gasteiger partial charge in [0.25, 0.3) is 5.91 Å². The van der Waals surface area contributed by atoms with Crippen LogP contribution >= 0.6 is 0 Å². The molecule has 2 aliphatic rings. The smallest absolute Gasteiger partial charge is 0.331 e. The summed E-state index contributed by atoms with van der Waals surface area (Å²) in [5.41, 5.74) is 0.498. The average molecular weight is 370 g/mol. The maximum atomic E-state index is 12.3. The van der Waals surface area contributed by atoms with E-state index in [-0.39, 0.29) is 17.8 Å². The predicted octanol–water partition coefficient (Wildman–Crippen LogP) is 2.58. The molecule has 0 aliphatic heterocycles. The summed E-state index contributed by atoms with van der Waals surface area (Å²) in [6, 6.07) is 7.39. The Morgan fingerprint density at radius 3 is 2.33 bits per heavy atom. The molecule has 3 rings (SSSR count). The molecule has 0 spiro atoms. The van der Waals surface area contributed by atoms with Gasteiger partial charge in [0.05, 0.1) is 7.11 Å². The van der Waals surface area contributed by atoms with Crippen LogP contribution in [0.4, 0.5) is 0 Å². The molecule has 27 heavy (non-hydrogen) atoms. The highest BCUT2D eigenvalue weighted by atomic mass is 16.5. The Kier molecular flexibility index (Phi) is 5.94. The minimum absolute atomic E-state index is 0.0666. The van der Waals surface area contributed by atoms with E-state index >= 15 is 0 Å². The summed E-state index contributed by atoms with van der Waals surface area (Å²) in [6.07, 6.45) is 9.24. The number of methoxy groups -OCH3 is 1. The number of carbonyl (C=O) groups is 3. The van der Waals surface area contributed by atoms with Crippen LogP contribution < -0.4 is 10.6 Å². The fraction of sp³-hybridized carbons (Fsp3) is 0.476. The van der Waals surface area contributed by atoms with Crippen LogP contribution in [0.5, 0.6) is 0 Å². The van der Waals surface area contributed by atoms with E-state index in [0.717, 1.165) is 37.7 Å². The standard InChI is InChI=1S/C21H26N2O4/c1-27-20(26)21(13-3-2-4-14-21)23-18(24)12-7-15-5-8-16(9-6-15)19(25)22-17-10-11-17/h5-9,12,17H,2-4,10-11,13-14H2,1H3,(H,22,25)(H,23,24). The van der Waals surface area contributed by atoms with Crippen molar-refractivity contribution in [2.75, 3.05) is 7.11 Å². The third-order valence-electron chi connectivity index (χ3n) is 5.16. The van der Waals surface area contributed by atoms with Crippen molar-refractivity contribution in [1.82, 2.24) is 10.6 Å². The van der Waals surface area contributed by atoms with Crippen molar-refractivity contribution in [3.05, 3.63) is 41.5 Å². The van der Waals surface area contributed by atoms with Gasteiger partial charge in [-0.05, 0) is 49.5 Å². The van der Waals surface area contributed by atoms with Gasteiger partial charge in [0.15, 0.2) is 0 Å². The van der Waals surface area contributed by atoms with E-state index in [0.29, 0.717) is 24.4 Å². The quantitative estimate of drug-likeness (QED) is 0.595. The van der Waals surface area contributed by atoms with Gasteiger partial charge in [-0.15, -0.1) is 0 Å². The van der Waals surface area contributed by atoms with Crippen LogP contribution in [0.15, 0.2) is 30.3 Å². The van der Waals surface area contributed by atoms with Crippen molar-refractivity contribution in [2.45, 2.75) is 56.5 Å². The summed E-state index contributed by atoms with van der Waals surface area (Å²) in [4.78, 5) is 36.5. The van der Waals surface area contributed by atoms with E-state index in [1.54, 1.807) is 30.3 Å². The van der Waals surface area contributed by atoms with E-state index in [1.165, 1.54) is 13.2 Å². The fourth-order valence-electron chi connectivity index (χ4n) is 3.42. The van der Waals surface area contributed by atoms with Gasteiger partial charge >= 0.3 is 5.97 Å². The molecule has 144 valence electrons. The highest BCUT2D eigenvalue weighted by Crippen LogP contribution is 2.29. The predicted molar refractivity (Wildman–Crippen MR) is 102 cm³/mol. The van der Waals surface area contributed by atoms with Crippen molar-refractivity contribution >= 4 is 23.9 Å². The Hall–Kier alpha value is -2.63. The Morgan fingerprint density at radius 1 is 1.07 bits per heavy atom. The van der Waals surface area contributed by atoms with E-state index < -0.39 is 5.54 Å². The summed E-state index contributed by atoms with van der Waals surface area (Å²) in [6.45, 7) is 0. The fourth-order valence-corrected chi connectivity index (χ4v) is 3.42. The second-order valence-electron chi connectivity index (χ2n) is 7.33. The first-order valence-corrected chi connectivity index (χ1v) is 9.52. The molecule has 2 amide bonds. The highest BCUT2D eigenvalue weighted by Gasteiger charge is 2.41. The lowest BCUT2D eigenvalue weighted by molar-refractivity contribution is -0.152. The van der Waals surface area contributed by atoms with Gasteiger partial charge in [-0.25, -0.2) is 4.79 Å². The Morgan fingerprint density at radius 2 is 1.74 bits per heavy atom. The molecule has 0 heterocycles. The maximum Gasteiger partial charge on any atom is 0.331 e. The van der Waals surface area contributed by atoms with Gasteiger partial charge in [-0.3, -0.25) is 9.59 Å². The first-order valence-electron chi connectivity index (χ1n) is 9.52. The van der Waals surface area contributed by atoms with Crippen molar-refractivity contribution < 1.29 is 19.1 Å². The normalized spacial score (nSPS) is 18.7. The Bertz CT molecular complexity index is 729. The molecule has 0 bridgehead atoms. The Balaban J connectivity index is 1.59. The third kappa shape index (κ3) is 4.96. The molecule has 2 saturated carbocycles. The molecule has 1 aromatic carbocycles. The molecule has 0 radical (unpaired) electrons. The summed E-state index contributed by atoms with van der Waals surface area (Å²) >= 11 is 0. The molecule has 2 N–H and O–H groups in total. The topological polar surface area (TPSA) is 84.5 Å². The zero-order chi connectivity index (χ0) is 19.3. The average Bonchev–Trinajstić information content (AvgIpc) is 3.50. The molecule has 0 saturated heterocycles. The van der Waals surface area contributed by atoms with Gasteiger partial charge in [-0.2, -0.15) is 0 Å². The zero-order valence-electron chi connectivity index (χ0n) is 15.6. The van der Waals surface area contributed by atoms with Crippen LogP contribution in [-0.2, 0) is 14.3 Å². The SMILES string of the molecule is COC(=O)C1(NC(=O)C=Cc2ccc(C(=O)NC3CC3)cc2)CCCCC1. The molecule has 0 unspecified atom stereocenters. The summed E-state index contributed by atoms with van der Waals surface area (Å²) < 4.78 is 4.91. The maximum absolute atomic E-state index is 12.3. The van der Waals surface area contributed by atoms with Crippen molar-refractivity contribution in [3.8, 4) is 0 Å². The second kappa shape index (κ2) is 8.37. The monoisotopic (exact) mass is 370 g/mol. The molecule has 6 nitrogen and oxygen atoms in total. The lowest BCUT2D eigenvalue weighted by Crippen LogP contribution is -2.55. The van der Waals surface area contributed by atoms with Crippen LogP contribution in [0.3, 0.4) is 0 Å². The zero-order valence-corrected chi connectivity index (χ0v) is 15.6. The van der Waals surface area contributed by atoms with Gasteiger partial charge in [0.2, 0.25) is 5.91 Å². The van der Waals surface area contributed by atoms with Crippen molar-refractivity contribution in [1.29, 1.82) is 0 Å². The molecule has 2 fully saturated rings. The molecule has 2 aliphatic carbocycles. The molecule has 1 aromatic rings. The summed E-state index contributed by atoms with van der Waals surface area (Å²) in [7, 11) is 1.35. The molecular formula is C21H26N2O4. The van der Waals surface area contributed by atoms with E-state index in [2.05, 4.69) is 10.6 Å². The van der Waals surface area contributed by atoms with E-state index in [4.69, 9.17) is 4.74 Å². The van der Waals surface area contributed by atoms with Crippen molar-refractivity contribution in [3.63, 3.8) is 0 Å². The van der Waals surface area contributed by atoms with Crippen LogP contribution in [0.1, 0.15) is 60.9 Å². The molecule has 0 atom stereocenters. The number of rotatable bonds is 6. The molecule has 0 aromatic heterocycles. The first kappa shape index (κ1) is 19.1. The van der Waals surface area contributed by atoms with Gasteiger partial charge in [0.1, 0.15) is 5.54 Å². The number of ether oxygens (including phenoxy) is 1. The number of esters is 1. The van der Waals surface area contributed by atoms with Crippen LogP contribution in [0, 0.1) is 0 Å². The highest BCUT2D eigenvalue weighted by molar-refractivity contribution is 5.97. The van der Waals surface area contributed by atoms with Gasteiger partial charge in [-0.1, -0.05) is 31.4 Å². The minimum atomic E-state index is -0.917. The summed E-state index contributed by atoms with van der Waals surface area (Å²) in [5, 5.41) is 5.79.